The topological polar surface area (TPSA) is 64.4 Å². The lowest BCUT2D eigenvalue weighted by Crippen LogP contribution is -2.41. The molecule has 2 heterocycles. The van der Waals surface area contributed by atoms with Gasteiger partial charge in [0.05, 0.1) is 24.5 Å². The quantitative estimate of drug-likeness (QED) is 0.770. The predicted octanol–water partition coefficient (Wildman–Crippen LogP) is 0.951. The second-order valence-electron chi connectivity index (χ2n) is 5.07. The summed E-state index contributed by atoms with van der Waals surface area (Å²) in [4.78, 5) is 25.4. The van der Waals surface area contributed by atoms with E-state index in [1.165, 1.54) is 0 Å². The first kappa shape index (κ1) is 14.7. The third kappa shape index (κ3) is 3.07. The monoisotopic (exact) mass is 279 g/mol. The lowest BCUT2D eigenvalue weighted by atomic mass is 10.1. The Kier molecular flexibility index (Phi) is 4.54. The van der Waals surface area contributed by atoms with Gasteiger partial charge in [-0.2, -0.15) is 5.10 Å². The molecule has 1 amide bonds. The molecule has 6 nitrogen and oxygen atoms in total. The zero-order valence-corrected chi connectivity index (χ0v) is 12.3. The van der Waals surface area contributed by atoms with Crippen molar-refractivity contribution in [1.82, 2.24) is 14.7 Å². The maximum atomic E-state index is 12.1. The van der Waals surface area contributed by atoms with Gasteiger partial charge in [0.1, 0.15) is 0 Å². The van der Waals surface area contributed by atoms with Crippen LogP contribution in [-0.2, 0) is 16.1 Å². The fourth-order valence-electron chi connectivity index (χ4n) is 2.60. The second kappa shape index (κ2) is 6.17. The lowest BCUT2D eigenvalue weighted by molar-refractivity contribution is -0.135. The van der Waals surface area contributed by atoms with E-state index in [9.17, 15) is 9.59 Å². The van der Waals surface area contributed by atoms with Gasteiger partial charge in [-0.25, -0.2) is 0 Å². The molecular formula is C14H21N3O3. The molecular weight excluding hydrogens is 258 g/mol. The first-order chi connectivity index (χ1) is 9.50. The Labute approximate surface area is 118 Å². The highest BCUT2D eigenvalue weighted by Gasteiger charge is 2.19. The van der Waals surface area contributed by atoms with Crippen molar-refractivity contribution in [2.45, 2.75) is 33.7 Å². The van der Waals surface area contributed by atoms with Crippen molar-refractivity contribution in [1.29, 1.82) is 0 Å². The molecule has 1 fully saturated rings. The molecule has 0 spiro atoms. The highest BCUT2D eigenvalue weighted by molar-refractivity contribution is 5.96. The van der Waals surface area contributed by atoms with Crippen LogP contribution in [0.1, 0.15) is 35.1 Å². The number of hydrogen-bond acceptors (Lipinski definition) is 4. The number of nitrogens with zero attached hydrogens (tertiary/aromatic N) is 3. The summed E-state index contributed by atoms with van der Waals surface area (Å²) in [5, 5.41) is 4.35. The highest BCUT2D eigenvalue weighted by Crippen LogP contribution is 2.14. The van der Waals surface area contributed by atoms with Crippen LogP contribution in [-0.4, -0.2) is 52.7 Å². The number of ether oxygens (including phenoxy) is 1. The summed E-state index contributed by atoms with van der Waals surface area (Å²) in [5.41, 5.74) is 2.24. The highest BCUT2D eigenvalue weighted by atomic mass is 16.5. The zero-order valence-electron chi connectivity index (χ0n) is 12.3. The first-order valence-electron chi connectivity index (χ1n) is 6.91. The van der Waals surface area contributed by atoms with Gasteiger partial charge in [-0.05, 0) is 20.8 Å². The number of Topliss-reactive ketones (excluding diaryl/α,β-unsaturated/α-hetero) is 1. The summed E-state index contributed by atoms with van der Waals surface area (Å²) in [7, 11) is 0. The number of aromatic nitrogens is 2. The Morgan fingerprint density at radius 3 is 2.45 bits per heavy atom. The number of morpholine rings is 1. The van der Waals surface area contributed by atoms with Crippen LogP contribution in [0.3, 0.4) is 0 Å². The van der Waals surface area contributed by atoms with Crippen LogP contribution in [0.5, 0.6) is 0 Å². The van der Waals surface area contributed by atoms with E-state index in [-0.39, 0.29) is 11.7 Å². The van der Waals surface area contributed by atoms with Crippen LogP contribution >= 0.6 is 0 Å². The van der Waals surface area contributed by atoms with Gasteiger partial charge in [0.2, 0.25) is 5.91 Å². The van der Waals surface area contributed by atoms with Gasteiger partial charge in [-0.15, -0.1) is 0 Å². The van der Waals surface area contributed by atoms with Gasteiger partial charge in [0, 0.05) is 31.7 Å². The van der Waals surface area contributed by atoms with Crippen LogP contribution in [0.2, 0.25) is 0 Å². The largest absolute Gasteiger partial charge is 0.378 e. The molecule has 0 radical (unpaired) electrons. The molecule has 0 aliphatic carbocycles. The molecule has 110 valence electrons. The molecule has 1 aromatic rings. The van der Waals surface area contributed by atoms with Crippen molar-refractivity contribution in [3.63, 3.8) is 0 Å². The Bertz CT molecular complexity index is 516. The fourth-order valence-corrected chi connectivity index (χ4v) is 2.60. The van der Waals surface area contributed by atoms with Crippen molar-refractivity contribution in [3.8, 4) is 0 Å². The fraction of sp³-hybridized carbons (Fsp3) is 0.643. The van der Waals surface area contributed by atoms with E-state index in [2.05, 4.69) is 5.10 Å². The first-order valence-corrected chi connectivity index (χ1v) is 6.91. The minimum atomic E-state index is 0.0192. The number of aryl methyl sites for hydroxylation is 2. The number of carbonyl (C=O) groups excluding carboxylic acids is 2. The van der Waals surface area contributed by atoms with Gasteiger partial charge in [0.15, 0.2) is 5.78 Å². The number of ketones is 1. The summed E-state index contributed by atoms with van der Waals surface area (Å²) >= 11 is 0. The molecule has 6 heteroatoms. The minimum Gasteiger partial charge on any atom is -0.378 e. The molecule has 1 saturated heterocycles. The van der Waals surface area contributed by atoms with Gasteiger partial charge in [-0.1, -0.05) is 0 Å². The normalized spacial score (nSPS) is 15.4. The van der Waals surface area contributed by atoms with Crippen LogP contribution < -0.4 is 0 Å². The summed E-state index contributed by atoms with van der Waals surface area (Å²) in [5.74, 6) is 0.135. The summed E-state index contributed by atoms with van der Waals surface area (Å²) in [6.45, 7) is 8.29. The summed E-state index contributed by atoms with van der Waals surface area (Å²) in [6.07, 6.45) is 0.402. The van der Waals surface area contributed by atoms with E-state index >= 15 is 0 Å². The Balaban J connectivity index is 1.98. The molecule has 0 bridgehead atoms. The van der Waals surface area contributed by atoms with E-state index in [1.54, 1.807) is 11.6 Å². The molecule has 1 aliphatic heterocycles. The summed E-state index contributed by atoms with van der Waals surface area (Å²) < 4.78 is 6.98. The third-order valence-electron chi connectivity index (χ3n) is 3.63. The van der Waals surface area contributed by atoms with E-state index in [4.69, 9.17) is 4.74 Å². The lowest BCUT2D eigenvalue weighted by Gasteiger charge is -2.26. The average molecular weight is 279 g/mol. The Hall–Kier alpha value is -1.69. The van der Waals surface area contributed by atoms with Crippen LogP contribution in [0.4, 0.5) is 0 Å². The number of rotatable bonds is 4. The zero-order chi connectivity index (χ0) is 14.7. The molecule has 0 unspecified atom stereocenters. The van der Waals surface area contributed by atoms with Gasteiger partial charge in [-0.3, -0.25) is 14.3 Å². The van der Waals surface area contributed by atoms with E-state index in [0.29, 0.717) is 44.8 Å². The van der Waals surface area contributed by atoms with Crippen LogP contribution in [0.25, 0.3) is 0 Å². The Morgan fingerprint density at radius 1 is 1.25 bits per heavy atom. The number of hydrogen-bond donors (Lipinski definition) is 0. The van der Waals surface area contributed by atoms with Gasteiger partial charge < -0.3 is 9.64 Å². The van der Waals surface area contributed by atoms with Crippen LogP contribution in [0, 0.1) is 13.8 Å². The Morgan fingerprint density at radius 2 is 1.90 bits per heavy atom. The molecule has 0 N–H and O–H groups in total. The van der Waals surface area contributed by atoms with E-state index < -0.39 is 0 Å². The second-order valence-corrected chi connectivity index (χ2v) is 5.07. The van der Waals surface area contributed by atoms with Crippen molar-refractivity contribution in [3.05, 3.63) is 17.0 Å². The van der Waals surface area contributed by atoms with E-state index in [0.717, 1.165) is 11.4 Å². The van der Waals surface area contributed by atoms with Crippen molar-refractivity contribution in [2.75, 3.05) is 26.3 Å². The van der Waals surface area contributed by atoms with Crippen molar-refractivity contribution >= 4 is 11.7 Å². The van der Waals surface area contributed by atoms with E-state index in [1.807, 2.05) is 18.7 Å². The predicted molar refractivity (Wildman–Crippen MR) is 73.7 cm³/mol. The van der Waals surface area contributed by atoms with Crippen LogP contribution in [0.15, 0.2) is 0 Å². The molecule has 1 aliphatic rings. The molecule has 0 saturated carbocycles. The molecule has 2 rings (SSSR count). The molecule has 0 aromatic carbocycles. The molecule has 20 heavy (non-hydrogen) atoms. The molecule has 1 aromatic heterocycles. The molecule has 0 atom stereocenters. The smallest absolute Gasteiger partial charge is 0.224 e. The standard InChI is InChI=1S/C14H21N3O3/c1-10-14(12(3)18)11(2)17(15-10)5-4-13(19)16-6-8-20-9-7-16/h4-9H2,1-3H3. The maximum absolute atomic E-state index is 12.1. The SMILES string of the molecule is CC(=O)c1c(C)nn(CCC(=O)N2CCOCC2)c1C. The summed E-state index contributed by atoms with van der Waals surface area (Å²) in [6, 6.07) is 0. The third-order valence-corrected chi connectivity index (χ3v) is 3.63. The number of carbonyl (C=O) groups is 2. The van der Waals surface area contributed by atoms with Gasteiger partial charge in [0.25, 0.3) is 0 Å². The average Bonchev–Trinajstić information content (AvgIpc) is 2.71. The minimum absolute atomic E-state index is 0.0192. The van der Waals surface area contributed by atoms with Crippen molar-refractivity contribution in [2.24, 2.45) is 0 Å². The van der Waals surface area contributed by atoms with Crippen molar-refractivity contribution < 1.29 is 14.3 Å². The maximum Gasteiger partial charge on any atom is 0.224 e. The number of amides is 1. The van der Waals surface area contributed by atoms with Gasteiger partial charge >= 0.3 is 0 Å².